The Morgan fingerprint density at radius 1 is 1.22 bits per heavy atom. The van der Waals surface area contributed by atoms with Gasteiger partial charge in [-0.3, -0.25) is 9.89 Å². The van der Waals surface area contributed by atoms with Crippen molar-refractivity contribution >= 4 is 17.7 Å². The van der Waals surface area contributed by atoms with Crippen molar-refractivity contribution in [3.63, 3.8) is 0 Å². The molecule has 2 aliphatic carbocycles. The van der Waals surface area contributed by atoms with Gasteiger partial charge in [-0.05, 0) is 25.7 Å². The maximum absolute atomic E-state index is 12.3. The van der Waals surface area contributed by atoms with Gasteiger partial charge < -0.3 is 5.32 Å². The summed E-state index contributed by atoms with van der Waals surface area (Å²) in [6, 6.07) is 0.365. The number of H-pyrrole nitrogens is 1. The van der Waals surface area contributed by atoms with Crippen molar-refractivity contribution in [3.05, 3.63) is 5.82 Å². The average molecular weight is 337 g/mol. The van der Waals surface area contributed by atoms with Gasteiger partial charge in [0.1, 0.15) is 5.82 Å². The second-order valence-electron chi connectivity index (χ2n) is 7.02. The van der Waals surface area contributed by atoms with E-state index < -0.39 is 0 Å². The van der Waals surface area contributed by atoms with Crippen LogP contribution in [0.25, 0.3) is 0 Å². The lowest BCUT2D eigenvalue weighted by Crippen LogP contribution is -2.40. The Balaban J connectivity index is 1.45. The maximum atomic E-state index is 12.3. The number of nitrogens with zero attached hydrogens (tertiary/aromatic N) is 2. The summed E-state index contributed by atoms with van der Waals surface area (Å²) in [5, 5.41) is 11.1. The number of amides is 1. The number of rotatable bonds is 6. The molecule has 1 unspecified atom stereocenters. The molecule has 1 heterocycles. The van der Waals surface area contributed by atoms with E-state index in [1.807, 2.05) is 6.92 Å². The van der Waals surface area contributed by atoms with E-state index in [1.54, 1.807) is 0 Å². The Kier molecular flexibility index (Phi) is 5.97. The van der Waals surface area contributed by atoms with Gasteiger partial charge in [0, 0.05) is 12.5 Å². The number of aromatic amines is 1. The molecule has 2 aliphatic rings. The number of hydrogen-bond acceptors (Lipinski definition) is 4. The largest absolute Gasteiger partial charge is 0.352 e. The number of carbonyl (C=O) groups is 1. The lowest BCUT2D eigenvalue weighted by molar-refractivity contribution is -0.121. The van der Waals surface area contributed by atoms with E-state index in [1.165, 1.54) is 56.7 Å². The molecule has 128 valence electrons. The van der Waals surface area contributed by atoms with E-state index in [2.05, 4.69) is 20.5 Å². The summed E-state index contributed by atoms with van der Waals surface area (Å²) in [6.07, 6.45) is 12.3. The van der Waals surface area contributed by atoms with Gasteiger partial charge in [0.05, 0.1) is 5.25 Å². The van der Waals surface area contributed by atoms with Gasteiger partial charge in [-0.2, -0.15) is 0 Å². The lowest BCUT2D eigenvalue weighted by Gasteiger charge is -2.24. The van der Waals surface area contributed by atoms with Crippen molar-refractivity contribution in [1.29, 1.82) is 0 Å². The predicted octanol–water partition coefficient (Wildman–Crippen LogP) is 3.47. The highest BCUT2D eigenvalue weighted by Crippen LogP contribution is 2.28. The van der Waals surface area contributed by atoms with E-state index in [4.69, 9.17) is 0 Å². The van der Waals surface area contributed by atoms with E-state index in [0.717, 1.165) is 31.0 Å². The van der Waals surface area contributed by atoms with Crippen LogP contribution >= 0.6 is 11.8 Å². The third-order valence-electron chi connectivity index (χ3n) is 5.07. The first-order chi connectivity index (χ1) is 11.2. The minimum absolute atomic E-state index is 0.115. The topological polar surface area (TPSA) is 70.7 Å². The van der Waals surface area contributed by atoms with Crippen molar-refractivity contribution in [1.82, 2.24) is 20.5 Å². The monoisotopic (exact) mass is 336 g/mol. The molecule has 1 aromatic rings. The number of nitrogens with one attached hydrogen (secondary N) is 2. The summed E-state index contributed by atoms with van der Waals surface area (Å²) in [5.41, 5.74) is 0. The first-order valence-electron chi connectivity index (χ1n) is 9.09. The third kappa shape index (κ3) is 4.96. The zero-order valence-corrected chi connectivity index (χ0v) is 14.8. The molecule has 5 nitrogen and oxygen atoms in total. The molecule has 1 aromatic heterocycles. The van der Waals surface area contributed by atoms with Gasteiger partial charge in [0.25, 0.3) is 0 Å². The van der Waals surface area contributed by atoms with Crippen LogP contribution in [0.4, 0.5) is 0 Å². The van der Waals surface area contributed by atoms with Crippen LogP contribution in [0.3, 0.4) is 0 Å². The first kappa shape index (κ1) is 16.8. The highest BCUT2D eigenvalue weighted by atomic mass is 32.2. The summed E-state index contributed by atoms with van der Waals surface area (Å²) in [5.74, 6) is 1.84. The molecule has 0 radical (unpaired) electrons. The molecule has 23 heavy (non-hydrogen) atoms. The van der Waals surface area contributed by atoms with Crippen LogP contribution in [0.1, 0.15) is 70.5 Å². The minimum Gasteiger partial charge on any atom is -0.352 e. The van der Waals surface area contributed by atoms with Crippen LogP contribution < -0.4 is 5.32 Å². The number of hydrogen-bond donors (Lipinski definition) is 2. The molecular formula is C17H28N4OS. The quantitative estimate of drug-likeness (QED) is 0.780. The number of carbonyl (C=O) groups excluding carboxylic acids is 1. The van der Waals surface area contributed by atoms with Crippen molar-refractivity contribution in [2.45, 2.75) is 87.6 Å². The molecule has 0 aliphatic heterocycles. The van der Waals surface area contributed by atoms with Crippen LogP contribution in [-0.4, -0.2) is 32.4 Å². The molecule has 0 spiro atoms. The minimum atomic E-state index is -0.146. The predicted molar refractivity (Wildman–Crippen MR) is 92.4 cm³/mol. The van der Waals surface area contributed by atoms with Crippen molar-refractivity contribution in [2.24, 2.45) is 5.92 Å². The van der Waals surface area contributed by atoms with E-state index in [9.17, 15) is 4.79 Å². The SMILES string of the molecule is CC(Sc1n[nH]c(CC2CCCC2)n1)C(=O)NC1CCCCC1. The molecule has 2 N–H and O–H groups in total. The molecule has 0 bridgehead atoms. The molecule has 1 atom stereocenters. The normalized spacial score (nSPS) is 21.4. The second kappa shape index (κ2) is 8.18. The summed E-state index contributed by atoms with van der Waals surface area (Å²) in [4.78, 5) is 16.9. The maximum Gasteiger partial charge on any atom is 0.233 e. The fraction of sp³-hybridized carbons (Fsp3) is 0.824. The Bertz CT molecular complexity index is 506. The van der Waals surface area contributed by atoms with E-state index in [0.29, 0.717) is 11.2 Å². The van der Waals surface area contributed by atoms with Gasteiger partial charge in [0.15, 0.2) is 0 Å². The fourth-order valence-electron chi connectivity index (χ4n) is 3.69. The molecule has 0 aromatic carbocycles. The molecule has 6 heteroatoms. The molecule has 0 saturated heterocycles. The van der Waals surface area contributed by atoms with E-state index >= 15 is 0 Å². The summed E-state index contributed by atoms with van der Waals surface area (Å²) in [6.45, 7) is 1.94. The van der Waals surface area contributed by atoms with Crippen LogP contribution in [0, 0.1) is 5.92 Å². The Labute approximate surface area is 142 Å². The molecular weight excluding hydrogens is 308 g/mol. The third-order valence-corrected chi connectivity index (χ3v) is 6.03. The second-order valence-corrected chi connectivity index (χ2v) is 8.33. The van der Waals surface area contributed by atoms with Gasteiger partial charge in [0.2, 0.25) is 11.1 Å². The molecule has 1 amide bonds. The van der Waals surface area contributed by atoms with Crippen molar-refractivity contribution in [2.75, 3.05) is 0 Å². The molecule has 2 saturated carbocycles. The van der Waals surface area contributed by atoms with Crippen LogP contribution in [0.15, 0.2) is 5.16 Å². The summed E-state index contributed by atoms with van der Waals surface area (Å²) in [7, 11) is 0. The smallest absolute Gasteiger partial charge is 0.233 e. The fourth-order valence-corrected chi connectivity index (χ4v) is 4.44. The van der Waals surface area contributed by atoms with E-state index in [-0.39, 0.29) is 11.2 Å². The number of aromatic nitrogens is 3. The summed E-state index contributed by atoms with van der Waals surface area (Å²) < 4.78 is 0. The Morgan fingerprint density at radius 2 is 1.91 bits per heavy atom. The average Bonchev–Trinajstić information content (AvgIpc) is 3.21. The van der Waals surface area contributed by atoms with Crippen molar-refractivity contribution < 1.29 is 4.79 Å². The zero-order chi connectivity index (χ0) is 16.1. The van der Waals surface area contributed by atoms with Gasteiger partial charge in [-0.25, -0.2) is 4.98 Å². The van der Waals surface area contributed by atoms with Crippen molar-refractivity contribution in [3.8, 4) is 0 Å². The highest BCUT2D eigenvalue weighted by molar-refractivity contribution is 8.00. The molecule has 3 rings (SSSR count). The van der Waals surface area contributed by atoms with Crippen LogP contribution in [0.5, 0.6) is 0 Å². The van der Waals surface area contributed by atoms with Gasteiger partial charge in [-0.15, -0.1) is 5.10 Å². The summed E-state index contributed by atoms with van der Waals surface area (Å²) >= 11 is 1.45. The first-order valence-corrected chi connectivity index (χ1v) is 9.97. The number of thioether (sulfide) groups is 1. The van der Waals surface area contributed by atoms with Crippen LogP contribution in [-0.2, 0) is 11.2 Å². The van der Waals surface area contributed by atoms with Gasteiger partial charge >= 0.3 is 0 Å². The zero-order valence-electron chi connectivity index (χ0n) is 14.0. The van der Waals surface area contributed by atoms with Gasteiger partial charge in [-0.1, -0.05) is 56.7 Å². The van der Waals surface area contributed by atoms with Crippen LogP contribution in [0.2, 0.25) is 0 Å². The standard InChI is InChI=1S/C17H28N4OS/c1-12(16(22)18-14-9-3-2-4-10-14)23-17-19-15(20-21-17)11-13-7-5-6-8-13/h12-14H,2-11H2,1H3,(H,18,22)(H,19,20,21). The lowest BCUT2D eigenvalue weighted by atomic mass is 9.95. The Morgan fingerprint density at radius 3 is 2.65 bits per heavy atom. The Hall–Kier alpha value is -1.04. The molecule has 2 fully saturated rings. The highest BCUT2D eigenvalue weighted by Gasteiger charge is 2.22.